The van der Waals surface area contributed by atoms with Gasteiger partial charge in [-0.2, -0.15) is 0 Å². The van der Waals surface area contributed by atoms with Gasteiger partial charge in [0.1, 0.15) is 0 Å². The maximum atomic E-state index is 3.74. The van der Waals surface area contributed by atoms with Gasteiger partial charge < -0.3 is 15.2 Å². The van der Waals surface area contributed by atoms with E-state index in [-0.39, 0.29) is 0 Å². The third-order valence-corrected chi connectivity index (χ3v) is 6.10. The molecule has 0 aliphatic carbocycles. The number of aromatic amines is 1. The van der Waals surface area contributed by atoms with E-state index in [9.17, 15) is 0 Å². The number of H-pyrrole nitrogens is 1. The van der Waals surface area contributed by atoms with E-state index in [4.69, 9.17) is 0 Å². The zero-order valence-electron chi connectivity index (χ0n) is 14.8. The minimum Gasteiger partial charge on any atom is -0.361 e. The third kappa shape index (κ3) is 3.68. The Morgan fingerprint density at radius 3 is 2.79 bits per heavy atom. The molecule has 0 spiro atoms. The van der Waals surface area contributed by atoms with Crippen LogP contribution in [0.1, 0.15) is 56.4 Å². The number of likely N-dealkylation sites (tertiary alicyclic amines) is 1. The van der Waals surface area contributed by atoms with E-state index in [0.717, 1.165) is 12.0 Å². The number of rotatable bonds is 4. The van der Waals surface area contributed by atoms with Crippen molar-refractivity contribution in [2.75, 3.05) is 26.2 Å². The predicted molar refractivity (Wildman–Crippen MR) is 102 cm³/mol. The van der Waals surface area contributed by atoms with Crippen LogP contribution in [0.15, 0.2) is 30.5 Å². The second-order valence-electron chi connectivity index (χ2n) is 7.69. The van der Waals surface area contributed by atoms with Crippen molar-refractivity contribution >= 4 is 10.9 Å². The molecule has 1 aromatic carbocycles. The first-order valence-corrected chi connectivity index (χ1v) is 9.92. The predicted octanol–water partition coefficient (Wildman–Crippen LogP) is 4.27. The molecule has 1 atom stereocenters. The van der Waals surface area contributed by atoms with E-state index in [1.165, 1.54) is 87.6 Å². The molecule has 2 N–H and O–H groups in total. The Bertz CT molecular complexity index is 631. The molecule has 24 heavy (non-hydrogen) atoms. The lowest BCUT2D eigenvalue weighted by atomic mass is 9.89. The third-order valence-electron chi connectivity index (χ3n) is 6.10. The first-order chi connectivity index (χ1) is 11.9. The summed E-state index contributed by atoms with van der Waals surface area (Å²) in [7, 11) is 0. The summed E-state index contributed by atoms with van der Waals surface area (Å²) >= 11 is 0. The highest BCUT2D eigenvalue weighted by atomic mass is 15.1. The molecule has 2 aliphatic rings. The Morgan fingerprint density at radius 1 is 1.00 bits per heavy atom. The van der Waals surface area contributed by atoms with Crippen LogP contribution in [0, 0.1) is 0 Å². The van der Waals surface area contributed by atoms with Gasteiger partial charge in [0, 0.05) is 23.1 Å². The SMILES string of the molecule is c1ccc2c(C3CCN(CCC4CCCCCN4)CC3)c[nH]c2c1. The number of hydrogen-bond donors (Lipinski definition) is 2. The van der Waals surface area contributed by atoms with Gasteiger partial charge in [-0.25, -0.2) is 0 Å². The Kier molecular flexibility index (Phi) is 5.19. The molecule has 4 rings (SSSR count). The van der Waals surface area contributed by atoms with Crippen molar-refractivity contribution in [3.8, 4) is 0 Å². The molecule has 2 fully saturated rings. The lowest BCUT2D eigenvalue weighted by molar-refractivity contribution is 0.202. The van der Waals surface area contributed by atoms with Crippen molar-refractivity contribution in [1.29, 1.82) is 0 Å². The first kappa shape index (κ1) is 16.2. The molecule has 3 heteroatoms. The van der Waals surface area contributed by atoms with Crippen LogP contribution < -0.4 is 5.32 Å². The van der Waals surface area contributed by atoms with Crippen molar-refractivity contribution in [1.82, 2.24) is 15.2 Å². The highest BCUT2D eigenvalue weighted by molar-refractivity contribution is 5.83. The lowest BCUT2D eigenvalue weighted by Gasteiger charge is -2.33. The van der Waals surface area contributed by atoms with Gasteiger partial charge in [0.15, 0.2) is 0 Å². The van der Waals surface area contributed by atoms with E-state index in [0.29, 0.717) is 0 Å². The number of para-hydroxylation sites is 1. The van der Waals surface area contributed by atoms with Gasteiger partial charge in [-0.3, -0.25) is 0 Å². The summed E-state index contributed by atoms with van der Waals surface area (Å²) in [5.74, 6) is 0.730. The molecular weight excluding hydrogens is 294 g/mol. The molecular formula is C21H31N3. The Labute approximate surface area is 145 Å². The smallest absolute Gasteiger partial charge is 0.0456 e. The van der Waals surface area contributed by atoms with Crippen LogP contribution in [-0.4, -0.2) is 42.1 Å². The Balaban J connectivity index is 1.29. The monoisotopic (exact) mass is 325 g/mol. The second kappa shape index (κ2) is 7.71. The number of benzene rings is 1. The minimum absolute atomic E-state index is 0.730. The van der Waals surface area contributed by atoms with Gasteiger partial charge in [-0.1, -0.05) is 31.0 Å². The van der Waals surface area contributed by atoms with Crippen LogP contribution in [0.25, 0.3) is 10.9 Å². The molecule has 1 unspecified atom stereocenters. The van der Waals surface area contributed by atoms with Crippen LogP contribution in [0.3, 0.4) is 0 Å². The van der Waals surface area contributed by atoms with Crippen LogP contribution in [0.4, 0.5) is 0 Å². The van der Waals surface area contributed by atoms with Crippen molar-refractivity contribution in [3.63, 3.8) is 0 Å². The zero-order valence-corrected chi connectivity index (χ0v) is 14.8. The number of hydrogen-bond acceptors (Lipinski definition) is 2. The highest BCUT2D eigenvalue weighted by Gasteiger charge is 2.23. The lowest BCUT2D eigenvalue weighted by Crippen LogP contribution is -2.37. The van der Waals surface area contributed by atoms with E-state index in [1.54, 1.807) is 0 Å². The summed E-state index contributed by atoms with van der Waals surface area (Å²) in [6.45, 7) is 5.03. The van der Waals surface area contributed by atoms with E-state index in [1.807, 2.05) is 0 Å². The summed E-state index contributed by atoms with van der Waals surface area (Å²) in [5, 5.41) is 5.17. The molecule has 0 amide bonds. The number of nitrogens with one attached hydrogen (secondary N) is 2. The minimum atomic E-state index is 0.730. The number of nitrogens with zero attached hydrogens (tertiary/aromatic N) is 1. The van der Waals surface area contributed by atoms with Gasteiger partial charge >= 0.3 is 0 Å². The van der Waals surface area contributed by atoms with Gasteiger partial charge in [0.05, 0.1) is 0 Å². The van der Waals surface area contributed by atoms with E-state index < -0.39 is 0 Å². The first-order valence-electron chi connectivity index (χ1n) is 9.92. The van der Waals surface area contributed by atoms with Gasteiger partial charge in [0.25, 0.3) is 0 Å². The molecule has 3 nitrogen and oxygen atoms in total. The number of piperidine rings is 1. The van der Waals surface area contributed by atoms with Crippen LogP contribution in [-0.2, 0) is 0 Å². The van der Waals surface area contributed by atoms with Gasteiger partial charge in [0.2, 0.25) is 0 Å². The maximum Gasteiger partial charge on any atom is 0.0456 e. The van der Waals surface area contributed by atoms with E-state index >= 15 is 0 Å². The second-order valence-corrected chi connectivity index (χ2v) is 7.69. The summed E-state index contributed by atoms with van der Waals surface area (Å²) in [4.78, 5) is 6.14. The molecule has 0 saturated carbocycles. The van der Waals surface area contributed by atoms with Crippen molar-refractivity contribution in [2.24, 2.45) is 0 Å². The fraction of sp³-hybridized carbons (Fsp3) is 0.619. The average Bonchev–Trinajstić information content (AvgIpc) is 2.88. The van der Waals surface area contributed by atoms with Crippen molar-refractivity contribution in [3.05, 3.63) is 36.0 Å². The summed E-state index contributed by atoms with van der Waals surface area (Å²) in [5.41, 5.74) is 2.82. The maximum absolute atomic E-state index is 3.74. The normalized spacial score (nSPS) is 24.2. The Morgan fingerprint density at radius 2 is 1.88 bits per heavy atom. The fourth-order valence-electron chi connectivity index (χ4n) is 4.58. The fourth-order valence-corrected chi connectivity index (χ4v) is 4.58. The molecule has 2 aromatic rings. The topological polar surface area (TPSA) is 31.1 Å². The van der Waals surface area contributed by atoms with Crippen molar-refractivity contribution in [2.45, 2.75) is 56.9 Å². The molecule has 1 aromatic heterocycles. The molecule has 0 radical (unpaired) electrons. The molecule has 2 aliphatic heterocycles. The van der Waals surface area contributed by atoms with Gasteiger partial charge in [-0.05, 0) is 75.8 Å². The standard InChI is InChI=1S/C21H31N3/c1-2-6-18(22-12-5-1)11-15-24-13-9-17(10-14-24)20-16-23-21-8-4-3-7-19(20)21/h3-4,7-8,16-18,22-23H,1-2,5-6,9-15H2. The average molecular weight is 326 g/mol. The molecule has 130 valence electrons. The quantitative estimate of drug-likeness (QED) is 0.879. The summed E-state index contributed by atoms with van der Waals surface area (Å²) in [6, 6.07) is 9.50. The van der Waals surface area contributed by atoms with Crippen molar-refractivity contribution < 1.29 is 0 Å². The number of fused-ring (bicyclic) bond motifs is 1. The van der Waals surface area contributed by atoms with Gasteiger partial charge in [-0.15, -0.1) is 0 Å². The Hall–Kier alpha value is -1.32. The molecule has 3 heterocycles. The zero-order chi connectivity index (χ0) is 16.2. The van der Waals surface area contributed by atoms with E-state index in [2.05, 4.69) is 45.7 Å². The molecule has 0 bridgehead atoms. The largest absolute Gasteiger partial charge is 0.361 e. The van der Waals surface area contributed by atoms with Crippen LogP contribution >= 0.6 is 0 Å². The van der Waals surface area contributed by atoms with Crippen LogP contribution in [0.2, 0.25) is 0 Å². The summed E-state index contributed by atoms with van der Waals surface area (Å²) < 4.78 is 0. The molecule has 2 saturated heterocycles. The summed E-state index contributed by atoms with van der Waals surface area (Å²) in [6.07, 6.45) is 11.8. The number of aromatic nitrogens is 1. The van der Waals surface area contributed by atoms with Crippen LogP contribution in [0.5, 0.6) is 0 Å². The highest BCUT2D eigenvalue weighted by Crippen LogP contribution is 2.33.